The van der Waals surface area contributed by atoms with Gasteiger partial charge in [-0.05, 0) is 17.9 Å². The molecule has 3 atom stereocenters. The van der Waals surface area contributed by atoms with Gasteiger partial charge in [-0.3, -0.25) is 4.79 Å². The van der Waals surface area contributed by atoms with Crippen LogP contribution in [0.2, 0.25) is 0 Å². The van der Waals surface area contributed by atoms with E-state index >= 15 is 0 Å². The number of carbonyl (C=O) groups is 3. The maximum absolute atomic E-state index is 12.6. The smallest absolute Gasteiger partial charge is 0.408 e. The Kier molecular flexibility index (Phi) is 9.51. The third-order valence-electron chi connectivity index (χ3n) is 4.07. The standard InChI is InChI=1S/C20H27N3O5/c1-13(2)11-16(18(24)23-17(19(25)26)14(3)9-10-21)22-20(27)28-12-15-7-5-4-6-8-15/h4-8,13-14,16-17H,9,11-12H2,1-3H3,(H,22,27)(H,23,24)(H,25,26)/t14-,16-,17+/m0/s1. The minimum absolute atomic E-state index is 0.0152. The Bertz CT molecular complexity index is 700. The summed E-state index contributed by atoms with van der Waals surface area (Å²) in [6.07, 6.45) is -0.467. The van der Waals surface area contributed by atoms with Crippen LogP contribution in [-0.4, -0.2) is 35.2 Å². The van der Waals surface area contributed by atoms with Gasteiger partial charge in [0.25, 0.3) is 0 Å². The molecule has 0 aromatic heterocycles. The van der Waals surface area contributed by atoms with Gasteiger partial charge in [0.1, 0.15) is 18.7 Å². The molecule has 1 aromatic rings. The lowest BCUT2D eigenvalue weighted by Crippen LogP contribution is -2.53. The number of hydrogen-bond acceptors (Lipinski definition) is 5. The van der Waals surface area contributed by atoms with Crippen molar-refractivity contribution in [1.29, 1.82) is 5.26 Å². The lowest BCUT2D eigenvalue weighted by molar-refractivity contribution is -0.143. The van der Waals surface area contributed by atoms with E-state index in [1.165, 1.54) is 0 Å². The molecule has 0 saturated carbocycles. The highest BCUT2D eigenvalue weighted by Crippen LogP contribution is 2.11. The molecular formula is C20H27N3O5. The molecule has 152 valence electrons. The number of aliphatic carboxylic acids is 1. The van der Waals surface area contributed by atoms with E-state index in [4.69, 9.17) is 10.00 Å². The van der Waals surface area contributed by atoms with E-state index in [1.54, 1.807) is 19.1 Å². The SMILES string of the molecule is CC(C)C[C@H](NC(=O)OCc1ccccc1)C(=O)N[C@@H](C(=O)O)[C@@H](C)CC#N. The highest BCUT2D eigenvalue weighted by molar-refractivity contribution is 5.89. The van der Waals surface area contributed by atoms with E-state index in [2.05, 4.69) is 10.6 Å². The molecule has 2 amide bonds. The monoisotopic (exact) mass is 389 g/mol. The van der Waals surface area contributed by atoms with Gasteiger partial charge in [0.05, 0.1) is 6.07 Å². The second-order valence-electron chi connectivity index (χ2n) is 7.05. The molecule has 0 aliphatic carbocycles. The average Bonchev–Trinajstić information content (AvgIpc) is 2.64. The molecule has 0 aliphatic rings. The van der Waals surface area contributed by atoms with Gasteiger partial charge in [-0.2, -0.15) is 5.26 Å². The van der Waals surface area contributed by atoms with E-state index in [0.717, 1.165) is 5.56 Å². The topological polar surface area (TPSA) is 129 Å². The molecule has 0 bridgehead atoms. The quantitative estimate of drug-likeness (QED) is 0.564. The van der Waals surface area contributed by atoms with Crippen molar-refractivity contribution in [3.8, 4) is 6.07 Å². The summed E-state index contributed by atoms with van der Waals surface area (Å²) in [5.74, 6) is -2.35. The Morgan fingerprint density at radius 3 is 2.32 bits per heavy atom. The number of carbonyl (C=O) groups excluding carboxylic acids is 2. The lowest BCUT2D eigenvalue weighted by Gasteiger charge is -2.24. The minimum atomic E-state index is -1.23. The van der Waals surface area contributed by atoms with Crippen molar-refractivity contribution in [2.45, 2.75) is 52.3 Å². The first-order valence-corrected chi connectivity index (χ1v) is 9.12. The first kappa shape index (κ1) is 23.0. The zero-order valence-electron chi connectivity index (χ0n) is 16.3. The van der Waals surface area contributed by atoms with Crippen LogP contribution in [0.5, 0.6) is 0 Å². The van der Waals surface area contributed by atoms with Crippen molar-refractivity contribution < 1.29 is 24.2 Å². The van der Waals surface area contributed by atoms with Crippen LogP contribution in [0.1, 0.15) is 39.2 Å². The van der Waals surface area contributed by atoms with E-state index in [1.807, 2.05) is 38.1 Å². The summed E-state index contributed by atoms with van der Waals surface area (Å²) in [6.45, 7) is 5.38. The summed E-state index contributed by atoms with van der Waals surface area (Å²) in [7, 11) is 0. The number of benzene rings is 1. The maximum atomic E-state index is 12.6. The van der Waals surface area contributed by atoms with Gasteiger partial charge >= 0.3 is 12.1 Å². The summed E-state index contributed by atoms with van der Waals surface area (Å²) in [4.78, 5) is 36.1. The van der Waals surface area contributed by atoms with Gasteiger partial charge in [-0.25, -0.2) is 9.59 Å². The Morgan fingerprint density at radius 2 is 1.79 bits per heavy atom. The number of amides is 2. The molecule has 0 fully saturated rings. The second kappa shape index (κ2) is 11.6. The Balaban J connectivity index is 2.74. The zero-order valence-corrected chi connectivity index (χ0v) is 16.3. The van der Waals surface area contributed by atoms with Gasteiger partial charge in [0, 0.05) is 12.3 Å². The Morgan fingerprint density at radius 1 is 1.14 bits per heavy atom. The molecule has 8 nitrogen and oxygen atoms in total. The fourth-order valence-electron chi connectivity index (χ4n) is 2.57. The van der Waals surface area contributed by atoms with E-state index in [-0.39, 0.29) is 18.9 Å². The maximum Gasteiger partial charge on any atom is 0.408 e. The second-order valence-corrected chi connectivity index (χ2v) is 7.05. The van der Waals surface area contributed by atoms with Gasteiger partial charge in [-0.15, -0.1) is 0 Å². The molecule has 0 aliphatic heterocycles. The van der Waals surface area contributed by atoms with E-state index < -0.39 is 36.0 Å². The van der Waals surface area contributed by atoms with Crippen LogP contribution in [0.15, 0.2) is 30.3 Å². The summed E-state index contributed by atoms with van der Waals surface area (Å²) in [5.41, 5.74) is 0.804. The van der Waals surface area contributed by atoms with Crippen LogP contribution in [0.3, 0.4) is 0 Å². The summed E-state index contributed by atoms with van der Waals surface area (Å²) in [6, 6.07) is 8.83. The van der Waals surface area contributed by atoms with Crippen molar-refractivity contribution in [2.24, 2.45) is 11.8 Å². The number of nitrogens with zero attached hydrogens (tertiary/aromatic N) is 1. The first-order valence-electron chi connectivity index (χ1n) is 9.12. The van der Waals surface area contributed by atoms with Crippen molar-refractivity contribution in [2.75, 3.05) is 0 Å². The molecule has 0 saturated heterocycles. The summed E-state index contributed by atoms with van der Waals surface area (Å²) >= 11 is 0. The van der Waals surface area contributed by atoms with Crippen molar-refractivity contribution in [3.05, 3.63) is 35.9 Å². The van der Waals surface area contributed by atoms with Gasteiger partial charge < -0.3 is 20.5 Å². The number of carboxylic acids is 1. The molecule has 1 rings (SSSR count). The van der Waals surface area contributed by atoms with Crippen LogP contribution in [0.4, 0.5) is 4.79 Å². The van der Waals surface area contributed by atoms with E-state index in [0.29, 0.717) is 6.42 Å². The predicted molar refractivity (Wildman–Crippen MR) is 102 cm³/mol. The normalized spacial score (nSPS) is 13.7. The van der Waals surface area contributed by atoms with Crippen LogP contribution in [0.25, 0.3) is 0 Å². The highest BCUT2D eigenvalue weighted by atomic mass is 16.5. The number of nitrogens with one attached hydrogen (secondary N) is 2. The third kappa shape index (κ3) is 8.08. The molecule has 0 spiro atoms. The molecule has 8 heteroatoms. The predicted octanol–water partition coefficient (Wildman–Crippen LogP) is 2.45. The fraction of sp³-hybridized carbons (Fsp3) is 0.500. The molecular weight excluding hydrogens is 362 g/mol. The van der Waals surface area contributed by atoms with Crippen LogP contribution >= 0.6 is 0 Å². The number of nitriles is 1. The molecule has 0 radical (unpaired) electrons. The number of alkyl carbamates (subject to hydrolysis) is 1. The third-order valence-corrected chi connectivity index (χ3v) is 4.07. The lowest BCUT2D eigenvalue weighted by atomic mass is 9.97. The van der Waals surface area contributed by atoms with Crippen LogP contribution < -0.4 is 10.6 Å². The summed E-state index contributed by atoms with van der Waals surface area (Å²) < 4.78 is 5.14. The fourth-order valence-corrected chi connectivity index (χ4v) is 2.57. The van der Waals surface area contributed by atoms with Gasteiger partial charge in [0.2, 0.25) is 5.91 Å². The Labute approximate surface area is 164 Å². The number of rotatable bonds is 10. The number of carboxylic acid groups (broad SMARTS) is 1. The molecule has 28 heavy (non-hydrogen) atoms. The van der Waals surface area contributed by atoms with Crippen LogP contribution in [0, 0.1) is 23.2 Å². The van der Waals surface area contributed by atoms with Crippen molar-refractivity contribution in [3.63, 3.8) is 0 Å². The summed E-state index contributed by atoms with van der Waals surface area (Å²) in [5, 5.41) is 23.0. The van der Waals surface area contributed by atoms with Crippen molar-refractivity contribution >= 4 is 18.0 Å². The largest absolute Gasteiger partial charge is 0.480 e. The van der Waals surface area contributed by atoms with Gasteiger partial charge in [0.15, 0.2) is 0 Å². The van der Waals surface area contributed by atoms with E-state index in [9.17, 15) is 19.5 Å². The average molecular weight is 389 g/mol. The van der Waals surface area contributed by atoms with Crippen LogP contribution in [-0.2, 0) is 20.9 Å². The molecule has 0 heterocycles. The highest BCUT2D eigenvalue weighted by Gasteiger charge is 2.30. The zero-order chi connectivity index (χ0) is 21.1. The number of ether oxygens (including phenoxy) is 1. The molecule has 3 N–H and O–H groups in total. The minimum Gasteiger partial charge on any atom is -0.480 e. The van der Waals surface area contributed by atoms with Gasteiger partial charge in [-0.1, -0.05) is 51.1 Å². The molecule has 0 unspecified atom stereocenters. The Hall–Kier alpha value is -3.08. The molecule has 1 aromatic carbocycles. The first-order chi connectivity index (χ1) is 13.2. The van der Waals surface area contributed by atoms with Crippen molar-refractivity contribution in [1.82, 2.24) is 10.6 Å². The number of hydrogen-bond donors (Lipinski definition) is 3.